The number of benzene rings is 2. The maximum absolute atomic E-state index is 12.2. The van der Waals surface area contributed by atoms with Crippen molar-refractivity contribution >= 4 is 6.03 Å². The number of rotatable bonds is 4. The Hall–Kier alpha value is -3.12. The van der Waals surface area contributed by atoms with Gasteiger partial charge in [-0.3, -0.25) is 0 Å². The molecule has 0 radical (unpaired) electrons. The van der Waals surface area contributed by atoms with Crippen LogP contribution in [0.3, 0.4) is 0 Å². The third-order valence-electron chi connectivity index (χ3n) is 4.49. The third kappa shape index (κ3) is 3.32. The summed E-state index contributed by atoms with van der Waals surface area (Å²) in [6.45, 7) is 0.243. The van der Waals surface area contributed by atoms with E-state index >= 15 is 0 Å². The number of urea groups is 1. The molecule has 0 spiro atoms. The van der Waals surface area contributed by atoms with Gasteiger partial charge in [0, 0.05) is 12.0 Å². The van der Waals surface area contributed by atoms with Crippen LogP contribution in [0.5, 0.6) is 0 Å². The Balaban J connectivity index is 1.36. The van der Waals surface area contributed by atoms with Gasteiger partial charge in [-0.1, -0.05) is 42.5 Å². The van der Waals surface area contributed by atoms with Crippen molar-refractivity contribution in [3.8, 4) is 11.5 Å². The van der Waals surface area contributed by atoms with Crippen LogP contribution < -0.4 is 10.6 Å². The van der Waals surface area contributed by atoms with Gasteiger partial charge < -0.3 is 20.2 Å². The van der Waals surface area contributed by atoms with Gasteiger partial charge in [-0.15, -0.1) is 0 Å². The summed E-state index contributed by atoms with van der Waals surface area (Å²) in [5, 5.41) is 15.8. The molecular formula is C20H19N3O3. The van der Waals surface area contributed by atoms with Gasteiger partial charge in [0.25, 0.3) is 0 Å². The first-order valence-corrected chi connectivity index (χ1v) is 8.51. The molecule has 3 aromatic rings. The third-order valence-corrected chi connectivity index (χ3v) is 4.49. The average molecular weight is 349 g/mol. The zero-order chi connectivity index (χ0) is 17.9. The number of aromatic nitrogens is 1. The summed E-state index contributed by atoms with van der Waals surface area (Å²) >= 11 is 0. The van der Waals surface area contributed by atoms with E-state index in [1.807, 2.05) is 54.6 Å². The number of aliphatic hydroxyl groups is 1. The highest BCUT2D eigenvalue weighted by Gasteiger charge is 2.31. The summed E-state index contributed by atoms with van der Waals surface area (Å²) in [5.41, 5.74) is 3.54. The van der Waals surface area contributed by atoms with Gasteiger partial charge >= 0.3 is 6.03 Å². The first kappa shape index (κ1) is 16.4. The molecule has 26 heavy (non-hydrogen) atoms. The zero-order valence-electron chi connectivity index (χ0n) is 14.1. The number of nitrogens with zero attached hydrogens (tertiary/aromatic N) is 1. The molecule has 2 unspecified atom stereocenters. The van der Waals surface area contributed by atoms with E-state index in [0.29, 0.717) is 18.0 Å². The fourth-order valence-electron chi connectivity index (χ4n) is 3.21. The quantitative estimate of drug-likeness (QED) is 0.676. The molecule has 0 saturated heterocycles. The first-order valence-electron chi connectivity index (χ1n) is 8.51. The Morgan fingerprint density at radius 3 is 2.77 bits per heavy atom. The first-order chi connectivity index (χ1) is 12.7. The number of carbonyl (C=O) groups is 1. The van der Waals surface area contributed by atoms with E-state index < -0.39 is 12.1 Å². The van der Waals surface area contributed by atoms with Crippen molar-refractivity contribution in [2.24, 2.45) is 0 Å². The van der Waals surface area contributed by atoms with Crippen LogP contribution in [-0.2, 0) is 13.0 Å². The standard InChI is InChI=1S/C20H19N3O3/c24-17-10-14-8-4-5-9-16(14)18(17)23-20(25)21-11-15-12-26-19(22-15)13-6-2-1-3-7-13/h1-9,12,17-18,24H,10-11H2,(H2,21,23,25). The molecule has 6 heteroatoms. The van der Waals surface area contributed by atoms with Crippen molar-refractivity contribution in [1.29, 1.82) is 0 Å². The second-order valence-electron chi connectivity index (χ2n) is 6.28. The Bertz CT molecular complexity index is 907. The van der Waals surface area contributed by atoms with Crippen molar-refractivity contribution in [2.75, 3.05) is 0 Å². The van der Waals surface area contributed by atoms with Crippen molar-refractivity contribution in [3.63, 3.8) is 0 Å². The minimum atomic E-state index is -0.616. The lowest BCUT2D eigenvalue weighted by atomic mass is 10.1. The molecule has 1 aliphatic rings. The number of fused-ring (bicyclic) bond motifs is 1. The van der Waals surface area contributed by atoms with E-state index in [-0.39, 0.29) is 12.6 Å². The molecule has 0 bridgehead atoms. The van der Waals surface area contributed by atoms with E-state index in [4.69, 9.17) is 4.42 Å². The Morgan fingerprint density at radius 2 is 1.92 bits per heavy atom. The predicted molar refractivity (Wildman–Crippen MR) is 96.2 cm³/mol. The van der Waals surface area contributed by atoms with Gasteiger partial charge in [0.1, 0.15) is 6.26 Å². The highest BCUT2D eigenvalue weighted by Crippen LogP contribution is 2.31. The van der Waals surface area contributed by atoms with Gasteiger partial charge in [0.05, 0.1) is 24.4 Å². The summed E-state index contributed by atoms with van der Waals surface area (Å²) in [6.07, 6.45) is 1.46. The fourth-order valence-corrected chi connectivity index (χ4v) is 3.21. The van der Waals surface area contributed by atoms with Crippen LogP contribution in [0.25, 0.3) is 11.5 Å². The second kappa shape index (κ2) is 7.01. The Morgan fingerprint density at radius 1 is 1.15 bits per heavy atom. The second-order valence-corrected chi connectivity index (χ2v) is 6.28. The van der Waals surface area contributed by atoms with Crippen molar-refractivity contribution in [1.82, 2.24) is 15.6 Å². The topological polar surface area (TPSA) is 87.4 Å². The number of hydrogen-bond acceptors (Lipinski definition) is 4. The van der Waals surface area contributed by atoms with Gasteiger partial charge in [0.15, 0.2) is 0 Å². The molecule has 1 aliphatic carbocycles. The normalized spacial score (nSPS) is 18.3. The lowest BCUT2D eigenvalue weighted by Gasteiger charge is -2.18. The minimum Gasteiger partial charge on any atom is -0.444 e. The Labute approximate surface area is 150 Å². The highest BCUT2D eigenvalue weighted by molar-refractivity contribution is 5.74. The van der Waals surface area contributed by atoms with Crippen molar-refractivity contribution in [3.05, 3.63) is 77.7 Å². The van der Waals surface area contributed by atoms with E-state index in [1.54, 1.807) is 0 Å². The van der Waals surface area contributed by atoms with Crippen LogP contribution in [-0.4, -0.2) is 22.2 Å². The number of oxazole rings is 1. The lowest BCUT2D eigenvalue weighted by Crippen LogP contribution is -2.40. The number of aliphatic hydroxyl groups excluding tert-OH is 1. The van der Waals surface area contributed by atoms with Gasteiger partial charge in [0.2, 0.25) is 5.89 Å². The molecule has 0 fully saturated rings. The molecule has 2 amide bonds. The minimum absolute atomic E-state index is 0.243. The van der Waals surface area contributed by atoms with Gasteiger partial charge in [-0.25, -0.2) is 9.78 Å². The molecule has 1 heterocycles. The highest BCUT2D eigenvalue weighted by atomic mass is 16.3. The molecule has 0 aliphatic heterocycles. The monoisotopic (exact) mass is 349 g/mol. The SMILES string of the molecule is O=C(NCc1coc(-c2ccccc2)n1)NC1c2ccccc2CC1O. The molecule has 0 saturated carbocycles. The van der Waals surface area contributed by atoms with Crippen molar-refractivity contribution in [2.45, 2.75) is 25.1 Å². The van der Waals surface area contributed by atoms with E-state index in [9.17, 15) is 9.90 Å². The number of hydrogen-bond donors (Lipinski definition) is 3. The van der Waals surface area contributed by atoms with E-state index in [0.717, 1.165) is 16.7 Å². The molecule has 6 nitrogen and oxygen atoms in total. The van der Waals surface area contributed by atoms with Gasteiger partial charge in [-0.05, 0) is 23.3 Å². The largest absolute Gasteiger partial charge is 0.444 e. The van der Waals surface area contributed by atoms with Gasteiger partial charge in [-0.2, -0.15) is 0 Å². The molecule has 2 atom stereocenters. The summed E-state index contributed by atoms with van der Waals surface area (Å²) in [4.78, 5) is 16.6. The van der Waals surface area contributed by atoms with E-state index in [1.165, 1.54) is 6.26 Å². The molecular weight excluding hydrogens is 330 g/mol. The zero-order valence-corrected chi connectivity index (χ0v) is 14.1. The predicted octanol–water partition coefficient (Wildman–Crippen LogP) is 2.80. The summed E-state index contributed by atoms with van der Waals surface area (Å²) in [5.74, 6) is 0.517. The number of nitrogens with one attached hydrogen (secondary N) is 2. The number of amides is 2. The lowest BCUT2D eigenvalue weighted by molar-refractivity contribution is 0.142. The Kier molecular flexibility index (Phi) is 4.41. The number of carbonyl (C=O) groups excluding carboxylic acids is 1. The average Bonchev–Trinajstić information content (AvgIpc) is 3.26. The molecule has 4 rings (SSSR count). The van der Waals surface area contributed by atoms with Crippen LogP contribution >= 0.6 is 0 Å². The molecule has 3 N–H and O–H groups in total. The smallest absolute Gasteiger partial charge is 0.315 e. The molecule has 1 aromatic heterocycles. The van der Waals surface area contributed by atoms with Crippen LogP contribution in [0.4, 0.5) is 4.79 Å². The maximum atomic E-state index is 12.2. The van der Waals surface area contributed by atoms with Crippen LogP contribution in [0, 0.1) is 0 Å². The summed E-state index contributed by atoms with van der Waals surface area (Å²) in [6, 6.07) is 16.6. The molecule has 2 aromatic carbocycles. The van der Waals surface area contributed by atoms with E-state index in [2.05, 4.69) is 15.6 Å². The van der Waals surface area contributed by atoms with Crippen LogP contribution in [0.2, 0.25) is 0 Å². The summed E-state index contributed by atoms with van der Waals surface area (Å²) < 4.78 is 5.46. The molecule has 132 valence electrons. The van der Waals surface area contributed by atoms with Crippen LogP contribution in [0.1, 0.15) is 22.9 Å². The fraction of sp³-hybridized carbons (Fsp3) is 0.200. The van der Waals surface area contributed by atoms with Crippen LogP contribution in [0.15, 0.2) is 65.3 Å². The maximum Gasteiger partial charge on any atom is 0.315 e. The summed E-state index contributed by atoms with van der Waals surface area (Å²) in [7, 11) is 0. The van der Waals surface area contributed by atoms with Crippen molar-refractivity contribution < 1.29 is 14.3 Å².